The van der Waals surface area contributed by atoms with Gasteiger partial charge in [-0.25, -0.2) is 0 Å². The van der Waals surface area contributed by atoms with Crippen molar-refractivity contribution in [2.45, 2.75) is 25.0 Å². The first-order valence-corrected chi connectivity index (χ1v) is 5.71. The van der Waals surface area contributed by atoms with E-state index < -0.39 is 11.7 Å². The zero-order valence-electron chi connectivity index (χ0n) is 9.70. The van der Waals surface area contributed by atoms with E-state index in [1.54, 1.807) is 6.92 Å². The molecule has 88 valence electrons. The molecule has 0 amide bonds. The van der Waals surface area contributed by atoms with Crippen molar-refractivity contribution in [3.05, 3.63) is 42.1 Å². The molecule has 3 nitrogen and oxygen atoms in total. The molecule has 1 aromatic carbocycles. The van der Waals surface area contributed by atoms with E-state index in [4.69, 9.17) is 0 Å². The monoisotopic (exact) mass is 229 g/mol. The van der Waals surface area contributed by atoms with Crippen LogP contribution in [0.5, 0.6) is 0 Å². The van der Waals surface area contributed by atoms with E-state index in [1.165, 1.54) is 0 Å². The number of para-hydroxylation sites is 1. The average molecular weight is 229 g/mol. The number of aromatic nitrogens is 1. The third kappa shape index (κ3) is 1.30. The first-order valence-electron chi connectivity index (χ1n) is 5.71. The summed E-state index contributed by atoms with van der Waals surface area (Å²) in [6, 6.07) is 7.94. The molecule has 2 atom stereocenters. The molecule has 0 aliphatic heterocycles. The molecule has 3 rings (SSSR count). The third-order valence-corrected chi connectivity index (χ3v) is 3.77. The Morgan fingerprint density at radius 3 is 2.88 bits per heavy atom. The molecule has 1 aliphatic rings. The Labute approximate surface area is 99.4 Å². The van der Waals surface area contributed by atoms with Crippen molar-refractivity contribution in [2.24, 2.45) is 0 Å². The number of aliphatic hydroxyl groups is 2. The standard InChI is InChI=1S/C14H15NO2/c1-8-13-10(7-12(16)14(8,2)17)9-5-3-4-6-11(9)15-13/h3-6,12,15-17H,1,7H2,2H3. The van der Waals surface area contributed by atoms with Gasteiger partial charge in [-0.2, -0.15) is 0 Å². The number of aromatic amines is 1. The number of fused-ring (bicyclic) bond motifs is 3. The van der Waals surface area contributed by atoms with Crippen LogP contribution in [0.15, 0.2) is 30.8 Å². The van der Waals surface area contributed by atoms with E-state index >= 15 is 0 Å². The average Bonchev–Trinajstić information content (AvgIpc) is 2.66. The highest BCUT2D eigenvalue weighted by Crippen LogP contribution is 2.40. The molecule has 3 N–H and O–H groups in total. The summed E-state index contributed by atoms with van der Waals surface area (Å²) in [6.07, 6.45) is -0.354. The number of H-pyrrole nitrogens is 1. The van der Waals surface area contributed by atoms with Crippen LogP contribution in [0, 0.1) is 0 Å². The molecular formula is C14H15NO2. The highest BCUT2D eigenvalue weighted by Gasteiger charge is 2.40. The molecule has 1 heterocycles. The molecule has 0 saturated carbocycles. The van der Waals surface area contributed by atoms with Crippen LogP contribution in [0.1, 0.15) is 18.2 Å². The van der Waals surface area contributed by atoms with Gasteiger partial charge in [0.25, 0.3) is 0 Å². The fourth-order valence-corrected chi connectivity index (χ4v) is 2.52. The van der Waals surface area contributed by atoms with Crippen LogP contribution in [0.25, 0.3) is 16.5 Å². The van der Waals surface area contributed by atoms with Gasteiger partial charge in [-0.15, -0.1) is 0 Å². The lowest BCUT2D eigenvalue weighted by Crippen LogP contribution is -2.44. The minimum atomic E-state index is -1.26. The highest BCUT2D eigenvalue weighted by molar-refractivity contribution is 5.91. The maximum absolute atomic E-state index is 10.2. The van der Waals surface area contributed by atoms with E-state index in [0.29, 0.717) is 12.0 Å². The Hall–Kier alpha value is -1.58. The van der Waals surface area contributed by atoms with Gasteiger partial charge in [0.15, 0.2) is 0 Å². The van der Waals surface area contributed by atoms with Crippen LogP contribution < -0.4 is 0 Å². The summed E-state index contributed by atoms with van der Waals surface area (Å²) in [5.74, 6) is 0. The van der Waals surface area contributed by atoms with Crippen LogP contribution in [-0.4, -0.2) is 26.9 Å². The van der Waals surface area contributed by atoms with Crippen LogP contribution in [0.2, 0.25) is 0 Å². The summed E-state index contributed by atoms with van der Waals surface area (Å²) in [5, 5.41) is 21.3. The maximum Gasteiger partial charge on any atom is 0.114 e. The number of hydrogen-bond donors (Lipinski definition) is 3. The van der Waals surface area contributed by atoms with Gasteiger partial charge in [-0.3, -0.25) is 0 Å². The van der Waals surface area contributed by atoms with E-state index in [1.807, 2.05) is 24.3 Å². The number of rotatable bonds is 0. The Bertz CT molecular complexity index is 610. The molecular weight excluding hydrogens is 214 g/mol. The summed E-state index contributed by atoms with van der Waals surface area (Å²) in [7, 11) is 0. The number of nitrogens with one attached hydrogen (secondary N) is 1. The summed E-state index contributed by atoms with van der Waals surface area (Å²) < 4.78 is 0. The lowest BCUT2D eigenvalue weighted by molar-refractivity contribution is -0.0211. The van der Waals surface area contributed by atoms with Gasteiger partial charge in [0.1, 0.15) is 5.60 Å². The van der Waals surface area contributed by atoms with Crippen molar-refractivity contribution in [2.75, 3.05) is 0 Å². The maximum atomic E-state index is 10.2. The molecule has 0 radical (unpaired) electrons. The van der Waals surface area contributed by atoms with E-state index in [2.05, 4.69) is 11.6 Å². The van der Waals surface area contributed by atoms with Crippen molar-refractivity contribution >= 4 is 16.5 Å². The molecule has 2 aromatic rings. The first kappa shape index (κ1) is 10.6. The fraction of sp³-hybridized carbons (Fsp3) is 0.286. The topological polar surface area (TPSA) is 56.2 Å². The number of benzene rings is 1. The van der Waals surface area contributed by atoms with Crippen LogP contribution >= 0.6 is 0 Å². The second kappa shape index (κ2) is 3.22. The normalized spacial score (nSPS) is 28.4. The smallest absolute Gasteiger partial charge is 0.114 e. The summed E-state index contributed by atoms with van der Waals surface area (Å²) in [5.41, 5.74) is 2.23. The molecule has 3 heteroatoms. The van der Waals surface area contributed by atoms with Gasteiger partial charge in [0.05, 0.1) is 6.10 Å². The summed E-state index contributed by atoms with van der Waals surface area (Å²) >= 11 is 0. The van der Waals surface area contributed by atoms with Crippen molar-refractivity contribution in [1.29, 1.82) is 0 Å². The largest absolute Gasteiger partial charge is 0.389 e. The SMILES string of the molecule is C=C1c2[nH]c3ccccc3c2CC(O)C1(C)O. The molecule has 17 heavy (non-hydrogen) atoms. The predicted octanol–water partition coefficient (Wildman–Crippen LogP) is 1.85. The number of aliphatic hydroxyl groups excluding tert-OH is 1. The van der Waals surface area contributed by atoms with Gasteiger partial charge in [0.2, 0.25) is 0 Å². The molecule has 1 aliphatic carbocycles. The highest BCUT2D eigenvalue weighted by atomic mass is 16.3. The minimum absolute atomic E-state index is 0.450. The van der Waals surface area contributed by atoms with Gasteiger partial charge in [-0.05, 0) is 18.6 Å². The zero-order chi connectivity index (χ0) is 12.2. The third-order valence-electron chi connectivity index (χ3n) is 3.77. The molecule has 0 spiro atoms. The second-order valence-corrected chi connectivity index (χ2v) is 4.87. The van der Waals surface area contributed by atoms with E-state index in [0.717, 1.165) is 22.2 Å². The quantitative estimate of drug-likeness (QED) is 0.645. The molecule has 0 fully saturated rings. The lowest BCUT2D eigenvalue weighted by Gasteiger charge is -2.35. The summed E-state index contributed by atoms with van der Waals surface area (Å²) in [6.45, 7) is 5.52. The first-order chi connectivity index (χ1) is 8.01. The minimum Gasteiger partial charge on any atom is -0.389 e. The Morgan fingerprint density at radius 1 is 1.41 bits per heavy atom. The van der Waals surface area contributed by atoms with Crippen molar-refractivity contribution in [3.8, 4) is 0 Å². The van der Waals surface area contributed by atoms with Gasteiger partial charge >= 0.3 is 0 Å². The van der Waals surface area contributed by atoms with E-state index in [9.17, 15) is 10.2 Å². The zero-order valence-corrected chi connectivity index (χ0v) is 9.70. The Balaban J connectivity index is 2.30. The molecule has 0 bridgehead atoms. The predicted molar refractivity (Wildman–Crippen MR) is 67.7 cm³/mol. The van der Waals surface area contributed by atoms with Crippen LogP contribution in [0.3, 0.4) is 0 Å². The van der Waals surface area contributed by atoms with Crippen molar-refractivity contribution in [1.82, 2.24) is 4.98 Å². The Morgan fingerprint density at radius 2 is 2.12 bits per heavy atom. The number of hydrogen-bond acceptors (Lipinski definition) is 2. The van der Waals surface area contributed by atoms with Gasteiger partial charge < -0.3 is 15.2 Å². The fourth-order valence-electron chi connectivity index (χ4n) is 2.52. The molecule has 2 unspecified atom stereocenters. The van der Waals surface area contributed by atoms with Crippen LogP contribution in [-0.2, 0) is 6.42 Å². The summed E-state index contributed by atoms with van der Waals surface area (Å²) in [4.78, 5) is 3.27. The van der Waals surface area contributed by atoms with Gasteiger partial charge in [0, 0.05) is 28.6 Å². The Kier molecular flexibility index (Phi) is 2.00. The van der Waals surface area contributed by atoms with Crippen molar-refractivity contribution < 1.29 is 10.2 Å². The van der Waals surface area contributed by atoms with Gasteiger partial charge in [-0.1, -0.05) is 24.8 Å². The second-order valence-electron chi connectivity index (χ2n) is 4.87. The molecule has 0 saturated heterocycles. The lowest BCUT2D eigenvalue weighted by atomic mass is 9.78. The van der Waals surface area contributed by atoms with Crippen LogP contribution in [0.4, 0.5) is 0 Å². The molecule has 1 aromatic heterocycles. The van der Waals surface area contributed by atoms with Crippen molar-refractivity contribution in [3.63, 3.8) is 0 Å². The van der Waals surface area contributed by atoms with E-state index in [-0.39, 0.29) is 0 Å².